The third-order valence-electron chi connectivity index (χ3n) is 4.57. The summed E-state index contributed by atoms with van der Waals surface area (Å²) in [6.07, 6.45) is 3.45. The zero-order valence-electron chi connectivity index (χ0n) is 13.7. The number of halogens is 1. The lowest BCUT2D eigenvalue weighted by atomic mass is 10.1. The summed E-state index contributed by atoms with van der Waals surface area (Å²) in [6.45, 7) is 0.413. The molecule has 26 heavy (non-hydrogen) atoms. The highest BCUT2D eigenvalue weighted by molar-refractivity contribution is 6.35. The van der Waals surface area contributed by atoms with E-state index in [0.717, 1.165) is 0 Å². The van der Waals surface area contributed by atoms with E-state index in [0.29, 0.717) is 46.8 Å². The topological polar surface area (TPSA) is 88.3 Å². The molecule has 1 saturated heterocycles. The minimum Gasteiger partial charge on any atom is -0.465 e. The zero-order valence-corrected chi connectivity index (χ0v) is 14.4. The van der Waals surface area contributed by atoms with Crippen LogP contribution in [0.3, 0.4) is 0 Å². The van der Waals surface area contributed by atoms with Crippen molar-refractivity contribution in [3.8, 4) is 5.69 Å². The number of carboxylic acid groups (broad SMARTS) is 1. The summed E-state index contributed by atoms with van der Waals surface area (Å²) in [5, 5.41) is 10.1. The molecule has 8 heteroatoms. The molecule has 1 unspecified atom stereocenters. The minimum atomic E-state index is -1.02. The van der Waals surface area contributed by atoms with E-state index in [4.69, 9.17) is 11.6 Å². The molecule has 0 spiro atoms. The Hall–Kier alpha value is -2.93. The van der Waals surface area contributed by atoms with Crippen LogP contribution in [0.4, 0.5) is 4.79 Å². The summed E-state index contributed by atoms with van der Waals surface area (Å²) in [4.78, 5) is 34.9. The second-order valence-corrected chi connectivity index (χ2v) is 6.50. The Bertz CT molecular complexity index is 1050. The van der Waals surface area contributed by atoms with Crippen molar-refractivity contribution in [2.24, 2.45) is 0 Å². The Morgan fingerprint density at radius 1 is 1.27 bits per heavy atom. The maximum Gasteiger partial charge on any atom is 0.407 e. The van der Waals surface area contributed by atoms with E-state index < -0.39 is 12.1 Å². The highest BCUT2D eigenvalue weighted by Crippen LogP contribution is 2.32. The number of fused-ring (bicyclic) bond motifs is 1. The van der Waals surface area contributed by atoms with E-state index in [2.05, 4.69) is 9.97 Å². The Morgan fingerprint density at radius 3 is 2.85 bits per heavy atom. The van der Waals surface area contributed by atoms with Gasteiger partial charge in [0.05, 0.1) is 33.9 Å². The number of benzene rings is 1. The number of rotatable bonds is 2. The summed E-state index contributed by atoms with van der Waals surface area (Å²) in [5.74, 6) is 0.387. The van der Waals surface area contributed by atoms with Crippen LogP contribution in [-0.2, 0) is 0 Å². The van der Waals surface area contributed by atoms with Crippen molar-refractivity contribution in [1.29, 1.82) is 0 Å². The lowest BCUT2D eigenvalue weighted by molar-refractivity contribution is 0.138. The Labute approximate surface area is 153 Å². The summed E-state index contributed by atoms with van der Waals surface area (Å²) < 4.78 is 1.42. The highest BCUT2D eigenvalue weighted by Gasteiger charge is 2.34. The van der Waals surface area contributed by atoms with Gasteiger partial charge in [-0.3, -0.25) is 19.2 Å². The van der Waals surface area contributed by atoms with Gasteiger partial charge in [0.1, 0.15) is 5.82 Å². The molecule has 3 aromatic rings. The van der Waals surface area contributed by atoms with Gasteiger partial charge in [0.25, 0.3) is 5.56 Å². The number of amides is 1. The Kier molecular flexibility index (Phi) is 4.08. The first-order chi connectivity index (χ1) is 12.6. The van der Waals surface area contributed by atoms with Crippen molar-refractivity contribution in [1.82, 2.24) is 19.4 Å². The molecule has 3 heterocycles. The van der Waals surface area contributed by atoms with E-state index in [1.807, 2.05) is 0 Å². The predicted octanol–water partition coefficient (Wildman–Crippen LogP) is 3.25. The summed E-state index contributed by atoms with van der Waals surface area (Å²) >= 11 is 6.24. The normalized spacial score (nSPS) is 17.0. The largest absolute Gasteiger partial charge is 0.465 e. The quantitative estimate of drug-likeness (QED) is 0.748. The maximum absolute atomic E-state index is 13.2. The molecule has 4 rings (SSSR count). The molecule has 0 saturated carbocycles. The molecule has 1 atom stereocenters. The fourth-order valence-electron chi connectivity index (χ4n) is 3.43. The van der Waals surface area contributed by atoms with Crippen LogP contribution < -0.4 is 5.56 Å². The van der Waals surface area contributed by atoms with Crippen LogP contribution in [0, 0.1) is 0 Å². The SMILES string of the molecule is O=C(O)N1CCCC1c1nc2cccc(Cl)c2c(=O)n1-c1cccnc1. The van der Waals surface area contributed by atoms with E-state index >= 15 is 0 Å². The minimum absolute atomic E-state index is 0.307. The van der Waals surface area contributed by atoms with Gasteiger partial charge in [0, 0.05) is 12.7 Å². The van der Waals surface area contributed by atoms with Crippen molar-refractivity contribution < 1.29 is 9.90 Å². The van der Waals surface area contributed by atoms with Crippen molar-refractivity contribution in [2.45, 2.75) is 18.9 Å². The Morgan fingerprint density at radius 2 is 2.12 bits per heavy atom. The number of hydrogen-bond donors (Lipinski definition) is 1. The number of likely N-dealkylation sites (tertiary alicyclic amines) is 1. The molecule has 7 nitrogen and oxygen atoms in total. The van der Waals surface area contributed by atoms with Gasteiger partial charge in [0.2, 0.25) is 0 Å². The molecular formula is C18H15ClN4O3. The molecule has 2 aromatic heterocycles. The van der Waals surface area contributed by atoms with Crippen LogP contribution in [0.2, 0.25) is 5.02 Å². The molecular weight excluding hydrogens is 356 g/mol. The lowest BCUT2D eigenvalue weighted by Gasteiger charge is -2.24. The van der Waals surface area contributed by atoms with Gasteiger partial charge < -0.3 is 5.11 Å². The fraction of sp³-hybridized carbons (Fsp3) is 0.222. The molecule has 1 amide bonds. The second-order valence-electron chi connectivity index (χ2n) is 6.09. The molecule has 0 aliphatic carbocycles. The van der Waals surface area contributed by atoms with E-state index in [9.17, 15) is 14.7 Å². The number of aromatic nitrogens is 3. The number of pyridine rings is 1. The van der Waals surface area contributed by atoms with Crippen molar-refractivity contribution >= 4 is 28.6 Å². The number of nitrogens with zero attached hydrogens (tertiary/aromatic N) is 4. The molecule has 1 aromatic carbocycles. The number of hydrogen-bond acceptors (Lipinski definition) is 4. The van der Waals surface area contributed by atoms with Gasteiger partial charge in [-0.25, -0.2) is 9.78 Å². The van der Waals surface area contributed by atoms with Crippen molar-refractivity contribution in [3.05, 3.63) is 63.9 Å². The van der Waals surface area contributed by atoms with Crippen LogP contribution in [0.1, 0.15) is 24.7 Å². The number of carbonyl (C=O) groups is 1. The summed E-state index contributed by atoms with van der Waals surface area (Å²) in [6, 6.07) is 8.02. The van der Waals surface area contributed by atoms with Gasteiger partial charge in [-0.05, 0) is 37.1 Å². The third kappa shape index (κ3) is 2.61. The smallest absolute Gasteiger partial charge is 0.407 e. The first kappa shape index (κ1) is 16.5. The molecule has 132 valence electrons. The van der Waals surface area contributed by atoms with Gasteiger partial charge in [-0.15, -0.1) is 0 Å². The van der Waals surface area contributed by atoms with Crippen LogP contribution in [0.25, 0.3) is 16.6 Å². The monoisotopic (exact) mass is 370 g/mol. The van der Waals surface area contributed by atoms with Crippen LogP contribution in [-0.4, -0.2) is 37.2 Å². The van der Waals surface area contributed by atoms with E-state index in [1.54, 1.807) is 42.7 Å². The molecule has 1 aliphatic rings. The lowest BCUT2D eigenvalue weighted by Crippen LogP contribution is -2.34. The summed E-state index contributed by atoms with van der Waals surface area (Å²) in [5.41, 5.74) is 0.648. The van der Waals surface area contributed by atoms with Crippen molar-refractivity contribution in [2.75, 3.05) is 6.54 Å². The third-order valence-corrected chi connectivity index (χ3v) is 4.89. The first-order valence-electron chi connectivity index (χ1n) is 8.19. The average molecular weight is 371 g/mol. The van der Waals surface area contributed by atoms with E-state index in [1.165, 1.54) is 9.47 Å². The molecule has 0 bridgehead atoms. The first-order valence-corrected chi connectivity index (χ1v) is 8.57. The predicted molar refractivity (Wildman–Crippen MR) is 96.9 cm³/mol. The van der Waals surface area contributed by atoms with Crippen LogP contribution >= 0.6 is 11.6 Å². The maximum atomic E-state index is 13.2. The van der Waals surface area contributed by atoms with Gasteiger partial charge in [0.15, 0.2) is 0 Å². The fourth-order valence-corrected chi connectivity index (χ4v) is 3.68. The van der Waals surface area contributed by atoms with E-state index in [-0.39, 0.29) is 5.56 Å². The standard InChI is InChI=1S/C18H15ClN4O3/c19-12-5-1-6-13-15(12)17(24)23(11-4-2-8-20-10-11)16(21-13)14-7-3-9-22(14)18(25)26/h1-2,4-6,8,10,14H,3,7,9H2,(H,25,26). The molecule has 0 radical (unpaired) electrons. The summed E-state index contributed by atoms with van der Waals surface area (Å²) in [7, 11) is 0. The van der Waals surface area contributed by atoms with Gasteiger partial charge in [-0.1, -0.05) is 17.7 Å². The second kappa shape index (κ2) is 6.42. The van der Waals surface area contributed by atoms with Crippen LogP contribution in [0.5, 0.6) is 0 Å². The Balaban J connectivity index is 2.05. The van der Waals surface area contributed by atoms with Crippen molar-refractivity contribution in [3.63, 3.8) is 0 Å². The van der Waals surface area contributed by atoms with Gasteiger partial charge in [-0.2, -0.15) is 0 Å². The molecule has 1 aliphatic heterocycles. The van der Waals surface area contributed by atoms with Gasteiger partial charge >= 0.3 is 6.09 Å². The highest BCUT2D eigenvalue weighted by atomic mass is 35.5. The average Bonchev–Trinajstić information content (AvgIpc) is 3.12. The van der Waals surface area contributed by atoms with Crippen LogP contribution in [0.15, 0.2) is 47.5 Å². The molecule has 1 fully saturated rings. The zero-order chi connectivity index (χ0) is 18.3. The molecule has 1 N–H and O–H groups in total.